The van der Waals surface area contributed by atoms with Crippen molar-refractivity contribution in [1.29, 1.82) is 0 Å². The van der Waals surface area contributed by atoms with Crippen LogP contribution in [0.2, 0.25) is 0 Å². The van der Waals surface area contributed by atoms with Crippen LogP contribution < -0.4 is 5.32 Å². The Morgan fingerprint density at radius 1 is 1.33 bits per heavy atom. The van der Waals surface area contributed by atoms with Gasteiger partial charge in [0.2, 0.25) is 5.78 Å². The molecule has 0 saturated carbocycles. The molecule has 0 aliphatic carbocycles. The summed E-state index contributed by atoms with van der Waals surface area (Å²) in [6, 6.07) is 0. The van der Waals surface area contributed by atoms with Gasteiger partial charge < -0.3 is 9.88 Å². The van der Waals surface area contributed by atoms with E-state index in [1.807, 2.05) is 4.57 Å². The van der Waals surface area contributed by atoms with Gasteiger partial charge in [-0.25, -0.2) is 4.98 Å². The average molecular weight is 248 g/mol. The van der Waals surface area contributed by atoms with Crippen LogP contribution in [0.5, 0.6) is 0 Å². The third-order valence-corrected chi connectivity index (χ3v) is 3.13. The van der Waals surface area contributed by atoms with Crippen LogP contribution >= 0.6 is 0 Å². The van der Waals surface area contributed by atoms with E-state index in [9.17, 15) is 4.79 Å². The maximum Gasteiger partial charge on any atom is 0.206 e. The predicted molar refractivity (Wildman–Crippen MR) is 72.3 cm³/mol. The molecule has 5 heteroatoms. The molecule has 0 spiro atoms. The molecule has 0 saturated heterocycles. The van der Waals surface area contributed by atoms with Gasteiger partial charge in [-0.05, 0) is 6.42 Å². The van der Waals surface area contributed by atoms with Crippen molar-refractivity contribution < 1.29 is 4.79 Å². The minimum absolute atomic E-state index is 0.0176. The number of nitrogens with one attached hydrogen (secondary N) is 1. The van der Waals surface area contributed by atoms with Gasteiger partial charge in [0.25, 0.3) is 0 Å². The number of carbonyl (C=O) groups excluding carboxylic acids is 1. The van der Waals surface area contributed by atoms with Gasteiger partial charge in [-0.2, -0.15) is 0 Å². The first-order chi connectivity index (χ1) is 8.83. The van der Waals surface area contributed by atoms with Gasteiger partial charge in [0.1, 0.15) is 12.4 Å². The van der Waals surface area contributed by atoms with Crippen LogP contribution in [0, 0.1) is 0 Å². The minimum atomic E-state index is -0.0176. The molecule has 1 aromatic heterocycles. The number of ketones is 1. The predicted octanol–water partition coefficient (Wildman–Crippen LogP) is 2.49. The Morgan fingerprint density at radius 3 is 3.00 bits per heavy atom. The molecular formula is C13H20N4O. The molecule has 0 bridgehead atoms. The van der Waals surface area contributed by atoms with Crippen LogP contribution in [0.15, 0.2) is 11.3 Å². The molecule has 0 fully saturated rings. The lowest BCUT2D eigenvalue weighted by molar-refractivity contribution is 0.0999. The highest BCUT2D eigenvalue weighted by atomic mass is 16.1. The van der Waals surface area contributed by atoms with E-state index in [-0.39, 0.29) is 12.3 Å². The highest BCUT2D eigenvalue weighted by Crippen LogP contribution is 2.17. The largest absolute Gasteiger partial charge is 0.331 e. The van der Waals surface area contributed by atoms with Crippen molar-refractivity contribution in [3.63, 3.8) is 0 Å². The number of imidazole rings is 1. The molecule has 0 aromatic carbocycles. The quantitative estimate of drug-likeness (QED) is 0.787. The zero-order valence-electron chi connectivity index (χ0n) is 10.9. The number of hydrogen-bond donors (Lipinski definition) is 1. The third-order valence-electron chi connectivity index (χ3n) is 3.13. The van der Waals surface area contributed by atoms with Crippen molar-refractivity contribution in [2.24, 2.45) is 4.99 Å². The Hall–Kier alpha value is -1.65. The monoisotopic (exact) mass is 248 g/mol. The lowest BCUT2D eigenvalue weighted by Gasteiger charge is -2.07. The Bertz CT molecular complexity index is 436. The van der Waals surface area contributed by atoms with Gasteiger partial charge in [0.05, 0.1) is 12.7 Å². The van der Waals surface area contributed by atoms with Crippen molar-refractivity contribution in [3.05, 3.63) is 12.0 Å². The molecule has 98 valence electrons. The fourth-order valence-electron chi connectivity index (χ4n) is 2.10. The molecule has 5 nitrogen and oxygen atoms in total. The second-order valence-corrected chi connectivity index (χ2v) is 4.59. The van der Waals surface area contributed by atoms with E-state index in [0.29, 0.717) is 5.69 Å². The number of rotatable bonds is 6. The fraction of sp³-hybridized carbons (Fsp3) is 0.615. The highest BCUT2D eigenvalue weighted by molar-refractivity contribution is 6.03. The van der Waals surface area contributed by atoms with Crippen molar-refractivity contribution >= 4 is 17.9 Å². The molecule has 2 rings (SSSR count). The number of aryl methyl sites for hydroxylation is 1. The average Bonchev–Trinajstić information content (AvgIpc) is 2.68. The van der Waals surface area contributed by atoms with Gasteiger partial charge in [0.15, 0.2) is 5.69 Å². The van der Waals surface area contributed by atoms with Crippen molar-refractivity contribution in [3.8, 4) is 0 Å². The van der Waals surface area contributed by atoms with Crippen molar-refractivity contribution in [2.45, 2.75) is 45.6 Å². The number of aromatic nitrogens is 2. The number of carbonyl (C=O) groups is 1. The first-order valence-electron chi connectivity index (χ1n) is 6.66. The second-order valence-electron chi connectivity index (χ2n) is 4.59. The van der Waals surface area contributed by atoms with Crippen LogP contribution in [0.4, 0.5) is 5.82 Å². The normalized spacial score (nSPS) is 14.2. The number of anilines is 1. The Labute approximate surface area is 107 Å². The molecule has 1 aliphatic heterocycles. The molecular weight excluding hydrogens is 228 g/mol. The van der Waals surface area contributed by atoms with E-state index in [4.69, 9.17) is 0 Å². The van der Waals surface area contributed by atoms with Gasteiger partial charge in [-0.3, -0.25) is 9.79 Å². The zero-order chi connectivity index (χ0) is 12.8. The Balaban J connectivity index is 1.94. The number of unbranched alkanes of at least 4 members (excludes halogenated alkanes) is 4. The maximum absolute atomic E-state index is 11.7. The first kappa shape index (κ1) is 12.8. The molecule has 0 radical (unpaired) electrons. The summed E-state index contributed by atoms with van der Waals surface area (Å²) in [4.78, 5) is 19.8. The molecule has 2 heterocycles. The molecule has 1 aliphatic rings. The van der Waals surface area contributed by atoms with Crippen molar-refractivity contribution in [2.75, 3.05) is 11.9 Å². The van der Waals surface area contributed by atoms with Gasteiger partial charge in [-0.1, -0.05) is 32.6 Å². The van der Waals surface area contributed by atoms with Gasteiger partial charge in [0, 0.05) is 6.54 Å². The van der Waals surface area contributed by atoms with Crippen molar-refractivity contribution in [1.82, 2.24) is 9.55 Å². The standard InChI is InChI=1S/C13H20N4O/c1-2-3-4-5-6-7-17-10-16-12-11(18)8-14-9-15-13(12)17/h9-10H,2-8H2,1H3,(H,14,15). The lowest BCUT2D eigenvalue weighted by atomic mass is 10.1. The summed E-state index contributed by atoms with van der Waals surface area (Å²) in [5.41, 5.74) is 0.515. The number of nitrogens with zero attached hydrogens (tertiary/aromatic N) is 3. The summed E-state index contributed by atoms with van der Waals surface area (Å²) in [7, 11) is 0. The number of hydrogen-bond acceptors (Lipinski definition) is 4. The van der Waals surface area contributed by atoms with Crippen LogP contribution in [-0.4, -0.2) is 28.2 Å². The summed E-state index contributed by atoms with van der Waals surface area (Å²) in [6.45, 7) is 3.30. The van der Waals surface area contributed by atoms with E-state index < -0.39 is 0 Å². The summed E-state index contributed by atoms with van der Waals surface area (Å²) >= 11 is 0. The highest BCUT2D eigenvalue weighted by Gasteiger charge is 2.18. The van der Waals surface area contributed by atoms with E-state index in [1.165, 1.54) is 25.7 Å². The number of fused-ring (bicyclic) bond motifs is 1. The second kappa shape index (κ2) is 6.33. The van der Waals surface area contributed by atoms with Crippen LogP contribution in [0.1, 0.15) is 49.5 Å². The van der Waals surface area contributed by atoms with Crippen LogP contribution in [0.3, 0.4) is 0 Å². The summed E-state index contributed by atoms with van der Waals surface area (Å²) in [5, 5.41) is 3.04. The number of Topliss-reactive ketones (excluding diaryl/α,β-unsaturated/α-hetero) is 1. The zero-order valence-corrected chi connectivity index (χ0v) is 10.9. The topological polar surface area (TPSA) is 59.3 Å². The molecule has 0 amide bonds. The van der Waals surface area contributed by atoms with Gasteiger partial charge >= 0.3 is 0 Å². The Kier molecular flexibility index (Phi) is 4.50. The Morgan fingerprint density at radius 2 is 2.17 bits per heavy atom. The minimum Gasteiger partial charge on any atom is -0.331 e. The molecule has 1 aromatic rings. The fourth-order valence-corrected chi connectivity index (χ4v) is 2.10. The summed E-state index contributed by atoms with van der Waals surface area (Å²) in [6.07, 6.45) is 9.51. The molecule has 18 heavy (non-hydrogen) atoms. The van der Waals surface area contributed by atoms with Crippen LogP contribution in [-0.2, 0) is 6.54 Å². The summed E-state index contributed by atoms with van der Waals surface area (Å²) < 4.78 is 2.01. The lowest BCUT2D eigenvalue weighted by Crippen LogP contribution is -2.07. The number of aliphatic imine (C=N–C) groups is 1. The van der Waals surface area contributed by atoms with Crippen LogP contribution in [0.25, 0.3) is 0 Å². The van der Waals surface area contributed by atoms with Gasteiger partial charge in [-0.15, -0.1) is 0 Å². The van der Waals surface area contributed by atoms with E-state index >= 15 is 0 Å². The first-order valence-corrected chi connectivity index (χ1v) is 6.66. The molecule has 0 atom stereocenters. The molecule has 0 unspecified atom stereocenters. The molecule has 1 N–H and O–H groups in total. The third kappa shape index (κ3) is 2.97. The van der Waals surface area contributed by atoms with E-state index in [0.717, 1.165) is 18.8 Å². The maximum atomic E-state index is 11.7. The van der Waals surface area contributed by atoms with E-state index in [1.54, 1.807) is 12.7 Å². The summed E-state index contributed by atoms with van der Waals surface area (Å²) in [5.74, 6) is 0.771. The SMILES string of the molecule is CCCCCCCn1cnc2c1NC=NCC2=O. The van der Waals surface area contributed by atoms with E-state index in [2.05, 4.69) is 22.2 Å². The smallest absolute Gasteiger partial charge is 0.206 e.